The molecule has 3 N–H and O–H groups in total. The van der Waals surface area contributed by atoms with Gasteiger partial charge in [0.2, 0.25) is 0 Å². The van der Waals surface area contributed by atoms with Crippen LogP contribution in [0.2, 0.25) is 0 Å². The fraction of sp³-hybridized carbons (Fsp3) is 0.200. The van der Waals surface area contributed by atoms with Crippen LogP contribution in [-0.2, 0) is 11.2 Å². The first-order chi connectivity index (χ1) is 16.2. The molecule has 0 saturated heterocycles. The highest BCUT2D eigenvalue weighted by Crippen LogP contribution is 2.26. The van der Waals surface area contributed by atoms with E-state index in [1.165, 1.54) is 19.1 Å². The molecular formula is C25H23F4N3O2. The lowest BCUT2D eigenvalue weighted by molar-refractivity contribution is -0.174. The van der Waals surface area contributed by atoms with Crippen molar-refractivity contribution in [3.05, 3.63) is 89.7 Å². The number of carbonyl (C=O) groups is 1. The fourth-order valence-electron chi connectivity index (χ4n) is 3.26. The molecule has 9 heteroatoms. The van der Waals surface area contributed by atoms with E-state index in [1.807, 2.05) is 23.5 Å². The van der Waals surface area contributed by atoms with Crippen molar-refractivity contribution < 1.29 is 27.1 Å². The van der Waals surface area contributed by atoms with Gasteiger partial charge in [0.25, 0.3) is 0 Å². The van der Waals surface area contributed by atoms with Crippen LogP contribution in [0.1, 0.15) is 18.1 Å². The Bertz CT molecular complexity index is 1120. The smallest absolute Gasteiger partial charge is 0.471 e. The van der Waals surface area contributed by atoms with Gasteiger partial charge in [-0.15, -0.1) is 0 Å². The molecule has 0 aliphatic carbocycles. The van der Waals surface area contributed by atoms with Crippen LogP contribution in [0.3, 0.4) is 0 Å². The van der Waals surface area contributed by atoms with E-state index < -0.39 is 24.2 Å². The van der Waals surface area contributed by atoms with E-state index in [9.17, 15) is 22.4 Å². The van der Waals surface area contributed by atoms with Gasteiger partial charge in [0.1, 0.15) is 17.7 Å². The highest BCUT2D eigenvalue weighted by molar-refractivity contribution is 5.88. The number of rotatable bonds is 9. The molecule has 178 valence electrons. The summed E-state index contributed by atoms with van der Waals surface area (Å²) in [4.78, 5) is 11.5. The van der Waals surface area contributed by atoms with Crippen molar-refractivity contribution in [2.75, 3.05) is 5.32 Å². The summed E-state index contributed by atoms with van der Waals surface area (Å²) in [7, 11) is 0. The number of hydrogen-bond acceptors (Lipinski definition) is 4. The molecule has 3 rings (SSSR count). The molecule has 0 saturated carbocycles. The zero-order chi connectivity index (χ0) is 24.7. The zero-order valence-electron chi connectivity index (χ0n) is 18.2. The Morgan fingerprint density at radius 2 is 1.74 bits per heavy atom. The lowest BCUT2D eigenvalue weighted by atomic mass is 10.0. The summed E-state index contributed by atoms with van der Waals surface area (Å²) in [6.07, 6.45) is -4.48. The minimum atomic E-state index is -5.01. The normalized spacial score (nSPS) is 13.0. The molecule has 34 heavy (non-hydrogen) atoms. The molecule has 2 atom stereocenters. The number of ether oxygens (including phenoxy) is 1. The summed E-state index contributed by atoms with van der Waals surface area (Å²) in [5.41, 5.74) is 2.45. The van der Waals surface area contributed by atoms with E-state index in [1.54, 1.807) is 42.5 Å². The highest BCUT2D eigenvalue weighted by Gasteiger charge is 2.40. The Balaban J connectivity index is 1.81. The number of amides is 1. The van der Waals surface area contributed by atoms with Crippen LogP contribution < -0.4 is 15.4 Å². The van der Waals surface area contributed by atoms with E-state index in [-0.39, 0.29) is 12.2 Å². The largest absolute Gasteiger partial charge is 0.488 e. The summed E-state index contributed by atoms with van der Waals surface area (Å²) in [6, 6.07) is 18.6. The van der Waals surface area contributed by atoms with Gasteiger partial charge < -0.3 is 20.8 Å². The van der Waals surface area contributed by atoms with E-state index >= 15 is 0 Å². The van der Waals surface area contributed by atoms with E-state index in [2.05, 4.69) is 5.32 Å². The van der Waals surface area contributed by atoms with E-state index in [0.29, 0.717) is 22.7 Å². The van der Waals surface area contributed by atoms with E-state index in [4.69, 9.17) is 10.1 Å². The number of halogens is 4. The molecule has 3 aromatic carbocycles. The molecule has 0 aliphatic heterocycles. The SMILES string of the molecule is C[C@H](NC(=O)C(F)(F)F)[C@@H](Cc1ccccc1)Oc1ccc(Nc2ccc(F)cc2)c(C=N)c1. The maximum atomic E-state index is 13.1. The molecule has 0 aromatic heterocycles. The van der Waals surface area contributed by atoms with Gasteiger partial charge in [-0.05, 0) is 55.0 Å². The Kier molecular flexibility index (Phi) is 7.88. The third kappa shape index (κ3) is 6.81. The van der Waals surface area contributed by atoms with Gasteiger partial charge in [-0.3, -0.25) is 4.79 Å². The first-order valence-corrected chi connectivity index (χ1v) is 10.4. The average molecular weight is 473 g/mol. The molecule has 5 nitrogen and oxygen atoms in total. The molecule has 3 aromatic rings. The van der Waals surface area contributed by atoms with Crippen LogP contribution >= 0.6 is 0 Å². The molecule has 0 heterocycles. The van der Waals surface area contributed by atoms with Crippen molar-refractivity contribution in [2.24, 2.45) is 0 Å². The van der Waals surface area contributed by atoms with Gasteiger partial charge in [0.05, 0.1) is 6.04 Å². The topological polar surface area (TPSA) is 74.2 Å². The quantitative estimate of drug-likeness (QED) is 0.279. The van der Waals surface area contributed by atoms with Crippen molar-refractivity contribution in [3.63, 3.8) is 0 Å². The van der Waals surface area contributed by atoms with Crippen LogP contribution in [0.5, 0.6) is 5.75 Å². The lowest BCUT2D eigenvalue weighted by Crippen LogP contribution is -2.49. The number of nitrogens with one attached hydrogen (secondary N) is 3. The zero-order valence-corrected chi connectivity index (χ0v) is 18.2. The van der Waals surface area contributed by atoms with Crippen molar-refractivity contribution >= 4 is 23.5 Å². The molecule has 0 unspecified atom stereocenters. The van der Waals surface area contributed by atoms with Gasteiger partial charge in [-0.2, -0.15) is 13.2 Å². The van der Waals surface area contributed by atoms with Crippen LogP contribution in [0.4, 0.5) is 28.9 Å². The van der Waals surface area contributed by atoms with Crippen LogP contribution in [0.25, 0.3) is 0 Å². The van der Waals surface area contributed by atoms with Gasteiger partial charge >= 0.3 is 12.1 Å². The molecule has 0 fully saturated rings. The van der Waals surface area contributed by atoms with Gasteiger partial charge in [-0.1, -0.05) is 30.3 Å². The molecule has 0 spiro atoms. The Hall–Kier alpha value is -3.88. The van der Waals surface area contributed by atoms with Crippen LogP contribution in [0.15, 0.2) is 72.8 Å². The number of alkyl halides is 3. The number of hydrogen-bond donors (Lipinski definition) is 3. The number of benzene rings is 3. The standard InChI is InChI=1S/C25H23F4N3O2/c1-16(31-24(33)25(27,28)29)23(13-17-5-3-2-4-6-17)34-21-11-12-22(18(14-21)15-30)32-20-9-7-19(26)8-10-20/h2-12,14-16,23,30,32H,13H2,1H3,(H,31,33)/t16-,23+/m0/s1. The van der Waals surface area contributed by atoms with Crippen molar-refractivity contribution in [1.82, 2.24) is 5.32 Å². The average Bonchev–Trinajstić information content (AvgIpc) is 2.81. The fourth-order valence-corrected chi connectivity index (χ4v) is 3.26. The third-order valence-corrected chi connectivity index (χ3v) is 5.04. The highest BCUT2D eigenvalue weighted by atomic mass is 19.4. The number of anilines is 2. The summed E-state index contributed by atoms with van der Waals surface area (Å²) in [6.45, 7) is 1.44. The summed E-state index contributed by atoms with van der Waals surface area (Å²) >= 11 is 0. The maximum Gasteiger partial charge on any atom is 0.471 e. The Morgan fingerprint density at radius 1 is 1.06 bits per heavy atom. The predicted molar refractivity (Wildman–Crippen MR) is 122 cm³/mol. The monoisotopic (exact) mass is 473 g/mol. The molecule has 0 aliphatic rings. The first kappa shape index (κ1) is 24.8. The van der Waals surface area contributed by atoms with Crippen molar-refractivity contribution in [2.45, 2.75) is 31.7 Å². The first-order valence-electron chi connectivity index (χ1n) is 10.4. The number of carbonyl (C=O) groups excluding carboxylic acids is 1. The Morgan fingerprint density at radius 3 is 2.35 bits per heavy atom. The molecule has 0 bridgehead atoms. The van der Waals surface area contributed by atoms with Crippen molar-refractivity contribution in [3.8, 4) is 5.75 Å². The second-order valence-corrected chi connectivity index (χ2v) is 7.63. The summed E-state index contributed by atoms with van der Waals surface area (Å²) in [5.74, 6) is -2.10. The molecule has 1 amide bonds. The third-order valence-electron chi connectivity index (χ3n) is 5.04. The second kappa shape index (κ2) is 10.8. The van der Waals surface area contributed by atoms with Gasteiger partial charge in [-0.25, -0.2) is 4.39 Å². The van der Waals surface area contributed by atoms with Gasteiger partial charge in [0, 0.05) is 29.6 Å². The summed E-state index contributed by atoms with van der Waals surface area (Å²) < 4.78 is 57.4. The maximum absolute atomic E-state index is 13.1. The molecular weight excluding hydrogens is 450 g/mol. The Labute approximate surface area is 194 Å². The van der Waals surface area contributed by atoms with Crippen LogP contribution in [0, 0.1) is 11.2 Å². The van der Waals surface area contributed by atoms with Gasteiger partial charge in [0.15, 0.2) is 0 Å². The minimum absolute atomic E-state index is 0.246. The molecule has 0 radical (unpaired) electrons. The van der Waals surface area contributed by atoms with Crippen molar-refractivity contribution in [1.29, 1.82) is 5.41 Å². The predicted octanol–water partition coefficient (Wildman–Crippen LogP) is 5.62. The lowest BCUT2D eigenvalue weighted by Gasteiger charge is -2.27. The van der Waals surface area contributed by atoms with Crippen LogP contribution in [-0.4, -0.2) is 30.4 Å². The van der Waals surface area contributed by atoms with E-state index in [0.717, 1.165) is 11.8 Å². The minimum Gasteiger partial charge on any atom is -0.488 e. The second-order valence-electron chi connectivity index (χ2n) is 7.63. The summed E-state index contributed by atoms with van der Waals surface area (Å²) in [5, 5.41) is 12.8.